The molecule has 8 nitrogen and oxygen atoms in total. The molecular formula is C12H19N3O5. The molecule has 0 saturated carbocycles. The van der Waals surface area contributed by atoms with Crippen LogP contribution in [0, 0.1) is 10.1 Å². The van der Waals surface area contributed by atoms with Gasteiger partial charge in [-0.2, -0.15) is 0 Å². The lowest BCUT2D eigenvalue weighted by molar-refractivity contribution is -0.386. The number of nitro groups is 1. The van der Waals surface area contributed by atoms with E-state index in [-0.39, 0.29) is 36.9 Å². The maximum absolute atomic E-state index is 11.0. The molecule has 2 heterocycles. The van der Waals surface area contributed by atoms with Crippen molar-refractivity contribution in [1.82, 2.24) is 9.78 Å². The van der Waals surface area contributed by atoms with Crippen LogP contribution in [-0.4, -0.2) is 45.7 Å². The van der Waals surface area contributed by atoms with E-state index in [1.807, 2.05) is 6.92 Å². The highest BCUT2D eigenvalue weighted by atomic mass is 16.6. The fraction of sp³-hybridized carbons (Fsp3) is 0.750. The zero-order valence-corrected chi connectivity index (χ0v) is 11.4. The number of ether oxygens (including phenoxy) is 2. The van der Waals surface area contributed by atoms with Crippen LogP contribution in [0.4, 0.5) is 5.69 Å². The second-order valence-electron chi connectivity index (χ2n) is 4.71. The van der Waals surface area contributed by atoms with Gasteiger partial charge in [0, 0.05) is 13.0 Å². The lowest BCUT2D eigenvalue weighted by atomic mass is 10.1. The van der Waals surface area contributed by atoms with E-state index in [1.165, 1.54) is 6.20 Å². The predicted molar refractivity (Wildman–Crippen MR) is 69.8 cm³/mol. The van der Waals surface area contributed by atoms with E-state index in [4.69, 9.17) is 14.6 Å². The summed E-state index contributed by atoms with van der Waals surface area (Å²) in [5, 5.41) is 23.9. The Morgan fingerprint density at radius 1 is 1.75 bits per heavy atom. The molecule has 0 spiro atoms. The van der Waals surface area contributed by atoms with Gasteiger partial charge in [-0.1, -0.05) is 13.3 Å². The van der Waals surface area contributed by atoms with Gasteiger partial charge < -0.3 is 14.6 Å². The Labute approximate surface area is 116 Å². The predicted octanol–water partition coefficient (Wildman–Crippen LogP) is 1.29. The summed E-state index contributed by atoms with van der Waals surface area (Å²) in [4.78, 5) is 10.5. The summed E-state index contributed by atoms with van der Waals surface area (Å²) in [5.41, 5.74) is -0.148. The van der Waals surface area contributed by atoms with Crippen LogP contribution in [0.2, 0.25) is 0 Å². The molecule has 1 fully saturated rings. The normalized spacial score (nSPS) is 18.8. The maximum Gasteiger partial charge on any atom is 0.350 e. The van der Waals surface area contributed by atoms with Crippen molar-refractivity contribution in [1.29, 1.82) is 0 Å². The topological polar surface area (TPSA) is 103 Å². The first-order valence-electron chi connectivity index (χ1n) is 6.76. The molecule has 2 atom stereocenters. The number of hydrogen-bond acceptors (Lipinski definition) is 6. The van der Waals surface area contributed by atoms with E-state index < -0.39 is 4.92 Å². The Hall–Kier alpha value is -1.67. The molecule has 1 aromatic rings. The Balaban J connectivity index is 2.16. The highest BCUT2D eigenvalue weighted by Crippen LogP contribution is 2.33. The summed E-state index contributed by atoms with van der Waals surface area (Å²) in [6, 6.07) is 0.00823. The molecule has 1 N–H and O–H groups in total. The Morgan fingerprint density at radius 3 is 3.05 bits per heavy atom. The van der Waals surface area contributed by atoms with Gasteiger partial charge in [-0.15, -0.1) is 5.10 Å². The van der Waals surface area contributed by atoms with Crippen molar-refractivity contribution in [2.45, 2.75) is 38.3 Å². The monoisotopic (exact) mass is 285 g/mol. The number of epoxide rings is 1. The van der Waals surface area contributed by atoms with Crippen LogP contribution >= 0.6 is 0 Å². The van der Waals surface area contributed by atoms with Gasteiger partial charge >= 0.3 is 11.6 Å². The SMILES string of the molecule is CCCC(C1CO1)n1cc([N+](=O)[O-])c(OCCCO)n1. The third-order valence-electron chi connectivity index (χ3n) is 3.13. The van der Waals surface area contributed by atoms with Crippen LogP contribution in [0.1, 0.15) is 32.2 Å². The number of aliphatic hydroxyl groups is 1. The Bertz CT molecular complexity index is 458. The molecule has 2 rings (SSSR count). The van der Waals surface area contributed by atoms with Crippen molar-refractivity contribution in [3.63, 3.8) is 0 Å². The molecule has 0 aromatic carbocycles. The molecule has 1 aliphatic rings. The van der Waals surface area contributed by atoms with Crippen molar-refractivity contribution < 1.29 is 19.5 Å². The Kier molecular flexibility index (Phi) is 4.91. The van der Waals surface area contributed by atoms with Crippen molar-refractivity contribution in [2.24, 2.45) is 0 Å². The smallest absolute Gasteiger partial charge is 0.350 e. The van der Waals surface area contributed by atoms with Crippen LogP contribution in [0.3, 0.4) is 0 Å². The van der Waals surface area contributed by atoms with E-state index in [1.54, 1.807) is 4.68 Å². The molecule has 1 aliphatic heterocycles. The van der Waals surface area contributed by atoms with Crippen LogP contribution in [0.15, 0.2) is 6.20 Å². The van der Waals surface area contributed by atoms with Crippen LogP contribution < -0.4 is 4.74 Å². The summed E-state index contributed by atoms with van der Waals surface area (Å²) in [7, 11) is 0. The minimum atomic E-state index is -0.505. The zero-order chi connectivity index (χ0) is 14.5. The molecule has 0 amide bonds. The summed E-state index contributed by atoms with van der Waals surface area (Å²) in [6.45, 7) is 2.89. The standard InChI is InChI=1S/C12H19N3O5/c1-2-4-9(11-8-20-11)14-7-10(15(17)18)12(13-14)19-6-3-5-16/h7,9,11,16H,2-6,8H2,1H3. The summed E-state index contributed by atoms with van der Waals surface area (Å²) < 4.78 is 12.1. The van der Waals surface area contributed by atoms with Gasteiger partial charge in [0.1, 0.15) is 12.3 Å². The van der Waals surface area contributed by atoms with Crippen LogP contribution in [-0.2, 0) is 4.74 Å². The third-order valence-corrected chi connectivity index (χ3v) is 3.13. The van der Waals surface area contributed by atoms with Crippen LogP contribution in [0.5, 0.6) is 5.88 Å². The number of nitrogens with zero attached hydrogens (tertiary/aromatic N) is 3. The largest absolute Gasteiger partial charge is 0.472 e. The minimum Gasteiger partial charge on any atom is -0.472 e. The number of hydrogen-bond donors (Lipinski definition) is 1. The van der Waals surface area contributed by atoms with E-state index in [0.717, 1.165) is 12.8 Å². The van der Waals surface area contributed by atoms with Crippen LogP contribution in [0.25, 0.3) is 0 Å². The van der Waals surface area contributed by atoms with Crippen molar-refractivity contribution in [3.8, 4) is 5.88 Å². The quantitative estimate of drug-likeness (QED) is 0.317. The highest BCUT2D eigenvalue weighted by molar-refractivity contribution is 5.38. The lowest BCUT2D eigenvalue weighted by Crippen LogP contribution is -2.15. The molecule has 0 aliphatic carbocycles. The molecule has 8 heteroatoms. The number of aliphatic hydroxyl groups excluding tert-OH is 1. The number of rotatable bonds is 9. The molecule has 1 aromatic heterocycles. The second kappa shape index (κ2) is 6.67. The van der Waals surface area contributed by atoms with Crippen molar-refractivity contribution in [3.05, 3.63) is 16.3 Å². The van der Waals surface area contributed by atoms with Gasteiger partial charge in [0.25, 0.3) is 0 Å². The fourth-order valence-electron chi connectivity index (χ4n) is 2.06. The van der Waals surface area contributed by atoms with E-state index in [9.17, 15) is 10.1 Å². The average Bonchev–Trinajstić information content (AvgIpc) is 3.16. The van der Waals surface area contributed by atoms with Gasteiger partial charge in [0.05, 0.1) is 24.2 Å². The van der Waals surface area contributed by atoms with Crippen molar-refractivity contribution in [2.75, 3.05) is 19.8 Å². The fourth-order valence-corrected chi connectivity index (χ4v) is 2.06. The first-order valence-corrected chi connectivity index (χ1v) is 6.76. The average molecular weight is 285 g/mol. The van der Waals surface area contributed by atoms with Gasteiger partial charge in [-0.25, -0.2) is 0 Å². The second-order valence-corrected chi connectivity index (χ2v) is 4.71. The molecular weight excluding hydrogens is 266 g/mol. The number of aromatic nitrogens is 2. The van der Waals surface area contributed by atoms with Gasteiger partial charge in [0.15, 0.2) is 0 Å². The van der Waals surface area contributed by atoms with Gasteiger partial charge in [0.2, 0.25) is 0 Å². The third kappa shape index (κ3) is 3.45. The molecule has 0 bridgehead atoms. The highest BCUT2D eigenvalue weighted by Gasteiger charge is 2.36. The maximum atomic E-state index is 11.0. The molecule has 1 saturated heterocycles. The summed E-state index contributed by atoms with van der Waals surface area (Å²) in [6.07, 6.45) is 3.68. The van der Waals surface area contributed by atoms with E-state index in [2.05, 4.69) is 5.10 Å². The molecule has 2 unspecified atom stereocenters. The van der Waals surface area contributed by atoms with E-state index in [0.29, 0.717) is 13.0 Å². The summed E-state index contributed by atoms with van der Waals surface area (Å²) >= 11 is 0. The van der Waals surface area contributed by atoms with E-state index >= 15 is 0 Å². The molecule has 0 radical (unpaired) electrons. The molecule has 112 valence electrons. The minimum absolute atomic E-state index is 0.00482. The van der Waals surface area contributed by atoms with Crippen molar-refractivity contribution >= 4 is 5.69 Å². The zero-order valence-electron chi connectivity index (χ0n) is 11.4. The lowest BCUT2D eigenvalue weighted by Gasteiger charge is -2.13. The van der Waals surface area contributed by atoms with Gasteiger partial charge in [-0.3, -0.25) is 14.8 Å². The first-order chi connectivity index (χ1) is 9.67. The van der Waals surface area contributed by atoms with Gasteiger partial charge in [-0.05, 0) is 6.42 Å². The summed E-state index contributed by atoms with van der Waals surface area (Å²) in [5.74, 6) is 0.00482. The first kappa shape index (κ1) is 14.7. The molecule has 20 heavy (non-hydrogen) atoms. The Morgan fingerprint density at radius 2 is 2.50 bits per heavy atom.